The van der Waals surface area contributed by atoms with Gasteiger partial charge in [0.15, 0.2) is 14.3 Å². The van der Waals surface area contributed by atoms with Crippen molar-refractivity contribution in [1.29, 1.82) is 0 Å². The van der Waals surface area contributed by atoms with Gasteiger partial charge in [0.05, 0.1) is 0 Å². The van der Waals surface area contributed by atoms with Gasteiger partial charge in [-0.05, 0) is 50.8 Å². The van der Waals surface area contributed by atoms with Crippen LogP contribution in [-0.4, -0.2) is 0 Å². The van der Waals surface area contributed by atoms with Crippen LogP contribution in [0.15, 0.2) is 187 Å². The lowest BCUT2D eigenvalue weighted by molar-refractivity contribution is 0.589. The van der Waals surface area contributed by atoms with Gasteiger partial charge in [-0.25, -0.2) is 0 Å². The van der Waals surface area contributed by atoms with Crippen molar-refractivity contribution in [2.45, 2.75) is 12.8 Å². The van der Waals surface area contributed by atoms with Gasteiger partial charge in [0, 0.05) is 26.5 Å². The highest BCUT2D eigenvalue weighted by Gasteiger charge is 2.34. The number of benzene rings is 7. The molecule has 0 saturated heterocycles. The van der Waals surface area contributed by atoms with Crippen molar-refractivity contribution < 1.29 is 9.13 Å². The van der Waals surface area contributed by atoms with E-state index in [0.29, 0.717) is 0 Å². The van der Waals surface area contributed by atoms with Gasteiger partial charge in [0.25, 0.3) is 0 Å². The lowest BCUT2D eigenvalue weighted by Crippen LogP contribution is -2.25. The van der Waals surface area contributed by atoms with E-state index < -0.39 is 14.3 Å². The Morgan fingerprint density at radius 1 is 0.417 bits per heavy atom. The van der Waals surface area contributed by atoms with Crippen LogP contribution < -0.4 is 26.5 Å². The first-order chi connectivity index (χ1) is 23.6. The average Bonchev–Trinajstić information content (AvgIpc) is 3.17. The van der Waals surface area contributed by atoms with Crippen molar-refractivity contribution >= 4 is 62.4 Å². The first-order valence-electron chi connectivity index (χ1n) is 16.4. The molecule has 0 radical (unpaired) electrons. The van der Waals surface area contributed by atoms with Crippen LogP contribution in [0.2, 0.25) is 0 Å². The SMILES string of the molecule is O=P(C1=CC=CCC1)(c1ccc(-c2ccc(P(=O)(c3ccccc3)c3cccc4ccccc34)cc2)cc1)c1cccc2ccccc12. The van der Waals surface area contributed by atoms with Crippen molar-refractivity contribution in [3.63, 3.8) is 0 Å². The Bertz CT molecular complexity index is 2430. The first kappa shape index (κ1) is 30.3. The van der Waals surface area contributed by atoms with E-state index in [0.717, 1.165) is 77.4 Å². The van der Waals surface area contributed by atoms with Gasteiger partial charge in [0.2, 0.25) is 0 Å². The van der Waals surface area contributed by atoms with E-state index in [1.807, 2.05) is 109 Å². The van der Waals surface area contributed by atoms with Crippen LogP contribution in [0.5, 0.6) is 0 Å². The molecule has 0 amide bonds. The predicted molar refractivity (Wildman–Crippen MR) is 206 cm³/mol. The minimum absolute atomic E-state index is 0.776. The standard InChI is InChI=1S/C44H34O2P2/c45-47(37-17-3-1-4-18-37,43-23-11-15-35-13-7-9-21-41(35)43)39-29-25-33(26-30-39)34-27-31-40(32-28-34)48(46,38-19-5-2-6-20-38)44-24-12-16-36-14-8-10-22-42(36)44/h1-5,7-19,21-32H,6,20H2. The Hall–Kier alpha value is -5.00. The van der Waals surface area contributed by atoms with Crippen molar-refractivity contribution in [2.75, 3.05) is 0 Å². The Labute approximate surface area is 281 Å². The molecule has 0 bridgehead atoms. The van der Waals surface area contributed by atoms with E-state index in [4.69, 9.17) is 0 Å². The number of rotatable bonds is 7. The molecule has 8 rings (SSSR count). The number of hydrogen-bond acceptors (Lipinski definition) is 2. The quantitative estimate of drug-likeness (QED) is 0.160. The molecule has 2 unspecified atom stereocenters. The minimum Gasteiger partial charge on any atom is -0.309 e. The topological polar surface area (TPSA) is 34.1 Å². The average molecular weight is 657 g/mol. The summed E-state index contributed by atoms with van der Waals surface area (Å²) < 4.78 is 30.8. The zero-order valence-electron chi connectivity index (χ0n) is 26.4. The van der Waals surface area contributed by atoms with E-state index in [1.165, 1.54) is 0 Å². The van der Waals surface area contributed by atoms with Crippen LogP contribution >= 0.6 is 14.3 Å². The Kier molecular flexibility index (Phi) is 7.93. The highest BCUT2D eigenvalue weighted by molar-refractivity contribution is 7.85. The third-order valence-corrected chi connectivity index (χ3v) is 15.9. The fourth-order valence-corrected chi connectivity index (χ4v) is 13.0. The van der Waals surface area contributed by atoms with Gasteiger partial charge in [-0.3, -0.25) is 0 Å². The summed E-state index contributed by atoms with van der Waals surface area (Å²) in [4.78, 5) is 0. The van der Waals surface area contributed by atoms with Gasteiger partial charge in [-0.2, -0.15) is 0 Å². The first-order valence-corrected chi connectivity index (χ1v) is 19.8. The summed E-state index contributed by atoms with van der Waals surface area (Å²) in [6.45, 7) is 0. The molecule has 1 aliphatic carbocycles. The molecule has 0 N–H and O–H groups in total. The summed E-state index contributed by atoms with van der Waals surface area (Å²) in [6.07, 6.45) is 7.90. The van der Waals surface area contributed by atoms with E-state index in [1.54, 1.807) is 0 Å². The van der Waals surface area contributed by atoms with Crippen LogP contribution in [0.4, 0.5) is 0 Å². The maximum absolute atomic E-state index is 15.4. The van der Waals surface area contributed by atoms with Crippen molar-refractivity contribution in [1.82, 2.24) is 0 Å². The molecule has 0 fully saturated rings. The Balaban J connectivity index is 1.20. The summed E-state index contributed by atoms with van der Waals surface area (Å²) >= 11 is 0. The third kappa shape index (κ3) is 5.14. The van der Waals surface area contributed by atoms with E-state index in [2.05, 4.69) is 72.8 Å². The van der Waals surface area contributed by atoms with E-state index >= 15 is 9.13 Å². The summed E-state index contributed by atoms with van der Waals surface area (Å²) in [5, 5.41) is 9.38. The molecule has 0 spiro atoms. The molecule has 2 atom stereocenters. The lowest BCUT2D eigenvalue weighted by Gasteiger charge is -2.25. The van der Waals surface area contributed by atoms with Gasteiger partial charge >= 0.3 is 0 Å². The predicted octanol–water partition coefficient (Wildman–Crippen LogP) is 9.85. The van der Waals surface area contributed by atoms with Crippen molar-refractivity contribution in [3.05, 3.63) is 187 Å². The van der Waals surface area contributed by atoms with Gasteiger partial charge in [0.1, 0.15) is 0 Å². The monoisotopic (exact) mass is 656 g/mol. The van der Waals surface area contributed by atoms with Gasteiger partial charge < -0.3 is 9.13 Å². The molecule has 0 heterocycles. The van der Waals surface area contributed by atoms with E-state index in [-0.39, 0.29) is 0 Å². The summed E-state index contributed by atoms with van der Waals surface area (Å²) in [6, 6.07) is 54.8. The maximum Gasteiger partial charge on any atom is 0.171 e. The van der Waals surface area contributed by atoms with E-state index in [9.17, 15) is 0 Å². The number of fused-ring (bicyclic) bond motifs is 2. The zero-order valence-corrected chi connectivity index (χ0v) is 28.2. The smallest absolute Gasteiger partial charge is 0.171 e. The third-order valence-electron chi connectivity index (χ3n) is 9.52. The number of hydrogen-bond donors (Lipinski definition) is 0. The summed E-state index contributed by atoms with van der Waals surface area (Å²) in [7, 11) is -6.28. The fraction of sp³-hybridized carbons (Fsp3) is 0.0455. The molecule has 7 aromatic rings. The van der Waals surface area contributed by atoms with Crippen molar-refractivity contribution in [3.8, 4) is 11.1 Å². The molecule has 48 heavy (non-hydrogen) atoms. The highest BCUT2D eigenvalue weighted by atomic mass is 31.2. The molecule has 0 saturated carbocycles. The molecule has 232 valence electrons. The minimum atomic E-state index is -3.18. The maximum atomic E-state index is 15.4. The second-order valence-corrected chi connectivity index (χ2v) is 17.8. The fourth-order valence-electron chi connectivity index (χ4n) is 7.07. The Morgan fingerprint density at radius 3 is 1.42 bits per heavy atom. The van der Waals surface area contributed by atoms with Crippen LogP contribution in [0.3, 0.4) is 0 Å². The van der Waals surface area contributed by atoms with Crippen LogP contribution in [-0.2, 0) is 9.13 Å². The summed E-state index contributed by atoms with van der Waals surface area (Å²) in [5.41, 5.74) is 2.04. The van der Waals surface area contributed by atoms with Crippen LogP contribution in [0, 0.1) is 0 Å². The van der Waals surface area contributed by atoms with Crippen LogP contribution in [0.25, 0.3) is 32.7 Å². The number of allylic oxidation sites excluding steroid dienone is 4. The molecule has 1 aliphatic rings. The second kappa shape index (κ2) is 12.6. The molecule has 4 heteroatoms. The second-order valence-electron chi connectivity index (χ2n) is 12.3. The summed E-state index contributed by atoms with van der Waals surface area (Å²) in [5.74, 6) is 0. The Morgan fingerprint density at radius 2 is 0.875 bits per heavy atom. The van der Waals surface area contributed by atoms with Gasteiger partial charge in [-0.15, -0.1) is 0 Å². The molecule has 2 nitrogen and oxygen atoms in total. The van der Waals surface area contributed by atoms with Crippen LogP contribution in [0.1, 0.15) is 12.8 Å². The zero-order chi connectivity index (χ0) is 32.6. The normalized spacial score (nSPS) is 15.5. The van der Waals surface area contributed by atoms with Gasteiger partial charge in [-0.1, -0.05) is 182 Å². The molecular formula is C44H34O2P2. The molecule has 0 aliphatic heterocycles. The van der Waals surface area contributed by atoms with Crippen molar-refractivity contribution in [2.24, 2.45) is 0 Å². The highest BCUT2D eigenvalue weighted by Crippen LogP contribution is 2.55. The molecule has 7 aromatic carbocycles. The lowest BCUT2D eigenvalue weighted by atomic mass is 10.1. The largest absolute Gasteiger partial charge is 0.309 e. The molecule has 0 aromatic heterocycles. The molecular weight excluding hydrogens is 622 g/mol.